The van der Waals surface area contributed by atoms with Gasteiger partial charge in [-0.05, 0) is 13.0 Å². The number of aromatic nitrogens is 2. The Morgan fingerprint density at radius 3 is 2.81 bits per heavy atom. The smallest absolute Gasteiger partial charge is 0.258 e. The molecule has 0 bridgehead atoms. The van der Waals surface area contributed by atoms with E-state index in [0.717, 1.165) is 0 Å². The van der Waals surface area contributed by atoms with Crippen molar-refractivity contribution in [3.63, 3.8) is 0 Å². The van der Waals surface area contributed by atoms with Crippen molar-refractivity contribution in [3.05, 3.63) is 37.7 Å². The maximum absolute atomic E-state index is 11.0. The molecule has 0 spiro atoms. The van der Waals surface area contributed by atoms with Crippen molar-refractivity contribution in [2.45, 2.75) is 6.92 Å². The first-order valence-electron chi connectivity index (χ1n) is 4.26. The zero-order chi connectivity index (χ0) is 11.9. The Labute approximate surface area is 104 Å². The summed E-state index contributed by atoms with van der Waals surface area (Å²) in [7, 11) is 0. The molecule has 0 fully saturated rings. The molecule has 1 aromatic heterocycles. The van der Waals surface area contributed by atoms with E-state index in [2.05, 4.69) is 25.9 Å². The summed E-state index contributed by atoms with van der Waals surface area (Å²) in [5, 5.41) is 11.6. The minimum Gasteiger partial charge on any atom is -0.258 e. The number of nitro benzene ring substituents is 1. The molecule has 0 amide bonds. The van der Waals surface area contributed by atoms with Crippen molar-refractivity contribution in [2.75, 3.05) is 0 Å². The van der Waals surface area contributed by atoms with E-state index in [9.17, 15) is 10.1 Å². The molecule has 0 aliphatic heterocycles. The van der Waals surface area contributed by atoms with E-state index in [-0.39, 0.29) is 16.4 Å². The van der Waals surface area contributed by atoms with E-state index in [0.29, 0.717) is 15.4 Å². The van der Waals surface area contributed by atoms with Crippen LogP contribution in [0.4, 0.5) is 5.69 Å². The van der Waals surface area contributed by atoms with Gasteiger partial charge in [0.15, 0.2) is 5.52 Å². The fourth-order valence-electron chi connectivity index (χ4n) is 1.44. The van der Waals surface area contributed by atoms with Gasteiger partial charge in [-0.2, -0.15) is 0 Å². The van der Waals surface area contributed by atoms with Crippen LogP contribution in [0.3, 0.4) is 0 Å². The third-order valence-electron chi connectivity index (χ3n) is 2.23. The quantitative estimate of drug-likeness (QED) is 0.460. The van der Waals surface area contributed by atoms with E-state index in [4.69, 9.17) is 11.6 Å². The molecule has 0 aliphatic rings. The topological polar surface area (TPSA) is 68.9 Å². The van der Waals surface area contributed by atoms with Gasteiger partial charge < -0.3 is 0 Å². The molecule has 0 N–H and O–H groups in total. The summed E-state index contributed by atoms with van der Waals surface area (Å²) in [6, 6.07) is 1.68. The van der Waals surface area contributed by atoms with Gasteiger partial charge in [-0.15, -0.1) is 0 Å². The zero-order valence-corrected chi connectivity index (χ0v) is 10.4. The van der Waals surface area contributed by atoms with Crippen molar-refractivity contribution in [1.29, 1.82) is 0 Å². The number of rotatable bonds is 1. The lowest BCUT2D eigenvalue weighted by atomic mass is 10.1. The van der Waals surface area contributed by atoms with Crippen molar-refractivity contribution in [2.24, 2.45) is 0 Å². The Hall–Kier alpha value is -1.27. The van der Waals surface area contributed by atoms with E-state index in [1.54, 1.807) is 13.0 Å². The molecule has 0 saturated heterocycles. The Bertz CT molecular complexity index is 603. The van der Waals surface area contributed by atoms with E-state index >= 15 is 0 Å². The molecular weight excluding hydrogens is 297 g/mol. The highest BCUT2D eigenvalue weighted by molar-refractivity contribution is 9.10. The number of hydrogen-bond acceptors (Lipinski definition) is 4. The van der Waals surface area contributed by atoms with E-state index in [1.165, 1.54) is 6.33 Å². The number of benzene rings is 1. The number of nitro groups is 1. The standard InChI is InChI=1S/C9H5BrClN3O2/c1-4-6(10)2-5-7(8(4)14(15)16)12-3-13-9(5)11/h2-3H,1H3. The fourth-order valence-corrected chi connectivity index (χ4v) is 2.04. The van der Waals surface area contributed by atoms with E-state index in [1.807, 2.05) is 0 Å². The van der Waals surface area contributed by atoms with Crippen molar-refractivity contribution < 1.29 is 4.92 Å². The van der Waals surface area contributed by atoms with Crippen LogP contribution in [0.1, 0.15) is 5.56 Å². The van der Waals surface area contributed by atoms with Gasteiger partial charge in [0.25, 0.3) is 5.69 Å². The molecule has 5 nitrogen and oxygen atoms in total. The van der Waals surface area contributed by atoms with Gasteiger partial charge in [-0.25, -0.2) is 9.97 Å². The highest BCUT2D eigenvalue weighted by Gasteiger charge is 2.21. The highest BCUT2D eigenvalue weighted by Crippen LogP contribution is 2.35. The van der Waals surface area contributed by atoms with Crippen LogP contribution in [0.2, 0.25) is 5.15 Å². The van der Waals surface area contributed by atoms with Gasteiger partial charge in [-0.1, -0.05) is 27.5 Å². The summed E-state index contributed by atoms with van der Waals surface area (Å²) in [5.74, 6) is 0. The van der Waals surface area contributed by atoms with Crippen molar-refractivity contribution in [1.82, 2.24) is 9.97 Å². The summed E-state index contributed by atoms with van der Waals surface area (Å²) in [6.45, 7) is 1.65. The zero-order valence-electron chi connectivity index (χ0n) is 8.07. The van der Waals surface area contributed by atoms with Crippen LogP contribution < -0.4 is 0 Å². The van der Waals surface area contributed by atoms with E-state index < -0.39 is 4.92 Å². The Balaban J connectivity index is 3.00. The molecule has 2 rings (SSSR count). The molecule has 7 heteroatoms. The number of fused-ring (bicyclic) bond motifs is 1. The molecule has 0 unspecified atom stereocenters. The lowest BCUT2D eigenvalue weighted by Crippen LogP contribution is -1.97. The lowest BCUT2D eigenvalue weighted by molar-refractivity contribution is -0.383. The normalized spacial score (nSPS) is 10.7. The van der Waals surface area contributed by atoms with Gasteiger partial charge >= 0.3 is 0 Å². The van der Waals surface area contributed by atoms with Crippen molar-refractivity contribution in [3.8, 4) is 0 Å². The predicted octanol–water partition coefficient (Wildman–Crippen LogP) is 3.26. The molecule has 0 aliphatic carbocycles. The summed E-state index contributed by atoms with van der Waals surface area (Å²) >= 11 is 9.11. The molecule has 1 heterocycles. The van der Waals surface area contributed by atoms with Gasteiger partial charge in [0.1, 0.15) is 11.5 Å². The Morgan fingerprint density at radius 2 is 2.19 bits per heavy atom. The Morgan fingerprint density at radius 1 is 1.50 bits per heavy atom. The molecule has 16 heavy (non-hydrogen) atoms. The van der Waals surface area contributed by atoms with Gasteiger partial charge in [-0.3, -0.25) is 10.1 Å². The second kappa shape index (κ2) is 3.95. The fraction of sp³-hybridized carbons (Fsp3) is 0.111. The SMILES string of the molecule is Cc1c(Br)cc2c(Cl)ncnc2c1[N+](=O)[O-]. The lowest BCUT2D eigenvalue weighted by Gasteiger charge is -2.04. The average Bonchev–Trinajstić information content (AvgIpc) is 2.21. The van der Waals surface area contributed by atoms with Crippen LogP contribution in [0.5, 0.6) is 0 Å². The highest BCUT2D eigenvalue weighted by atomic mass is 79.9. The predicted molar refractivity (Wildman–Crippen MR) is 63.6 cm³/mol. The van der Waals surface area contributed by atoms with Crippen LogP contribution >= 0.6 is 27.5 Å². The van der Waals surface area contributed by atoms with Crippen LogP contribution in [-0.2, 0) is 0 Å². The van der Waals surface area contributed by atoms with Gasteiger partial charge in [0.2, 0.25) is 0 Å². The number of hydrogen-bond donors (Lipinski definition) is 0. The van der Waals surface area contributed by atoms with Crippen molar-refractivity contribution >= 4 is 44.1 Å². The Kier molecular flexibility index (Phi) is 2.77. The molecule has 0 atom stereocenters. The first-order chi connectivity index (χ1) is 7.52. The first-order valence-corrected chi connectivity index (χ1v) is 5.43. The summed E-state index contributed by atoms with van der Waals surface area (Å²) in [5.41, 5.74) is 0.728. The number of nitrogens with zero attached hydrogens (tertiary/aromatic N) is 3. The van der Waals surface area contributed by atoms with Gasteiger partial charge in [0.05, 0.1) is 4.92 Å². The monoisotopic (exact) mass is 301 g/mol. The van der Waals surface area contributed by atoms with Crippen LogP contribution in [0.25, 0.3) is 10.9 Å². The maximum atomic E-state index is 11.0. The van der Waals surface area contributed by atoms with Gasteiger partial charge in [0, 0.05) is 15.4 Å². The molecule has 2 aromatic rings. The molecule has 1 aromatic carbocycles. The third-order valence-corrected chi connectivity index (χ3v) is 3.35. The minimum atomic E-state index is -0.467. The second-order valence-corrected chi connectivity index (χ2v) is 4.36. The van der Waals surface area contributed by atoms with Crippen LogP contribution in [0, 0.1) is 17.0 Å². The molecular formula is C9H5BrClN3O2. The summed E-state index contributed by atoms with van der Waals surface area (Å²) in [6.07, 6.45) is 1.21. The minimum absolute atomic E-state index is 0.0475. The molecule has 82 valence electrons. The first kappa shape index (κ1) is 11.2. The molecule has 0 saturated carbocycles. The average molecular weight is 303 g/mol. The van der Waals surface area contributed by atoms with Crippen LogP contribution in [-0.4, -0.2) is 14.9 Å². The number of halogens is 2. The van der Waals surface area contributed by atoms with Crippen LogP contribution in [0.15, 0.2) is 16.9 Å². The summed E-state index contributed by atoms with van der Waals surface area (Å²) < 4.78 is 0.614. The summed E-state index contributed by atoms with van der Waals surface area (Å²) in [4.78, 5) is 18.2. The molecule has 0 radical (unpaired) electrons. The largest absolute Gasteiger partial charge is 0.299 e. The second-order valence-electron chi connectivity index (χ2n) is 3.15. The third kappa shape index (κ3) is 1.64. The maximum Gasteiger partial charge on any atom is 0.299 e.